The lowest BCUT2D eigenvalue weighted by Crippen LogP contribution is -2.25. The maximum absolute atomic E-state index is 11.8. The van der Waals surface area contributed by atoms with Gasteiger partial charge in [-0.1, -0.05) is 0 Å². The van der Waals surface area contributed by atoms with E-state index in [1.54, 1.807) is 23.8 Å². The highest BCUT2D eigenvalue weighted by Crippen LogP contribution is 2.30. The van der Waals surface area contributed by atoms with Crippen molar-refractivity contribution >= 4 is 18.1 Å². The number of benzene rings is 1. The Morgan fingerprint density at radius 2 is 2.00 bits per heavy atom. The van der Waals surface area contributed by atoms with Crippen LogP contribution >= 0.6 is 12.2 Å². The first-order valence-electron chi connectivity index (χ1n) is 9.16. The van der Waals surface area contributed by atoms with Crippen LogP contribution in [0.3, 0.4) is 0 Å². The first-order chi connectivity index (χ1) is 13.4. The molecular weight excluding hydrogens is 380 g/mol. The third-order valence-electron chi connectivity index (χ3n) is 4.80. The third kappa shape index (κ3) is 4.53. The summed E-state index contributed by atoms with van der Waals surface area (Å²) in [5.74, 6) is 2.02. The molecule has 9 heteroatoms. The van der Waals surface area contributed by atoms with Gasteiger partial charge in [0.05, 0.1) is 27.4 Å². The summed E-state index contributed by atoms with van der Waals surface area (Å²) in [6.45, 7) is 4.31. The number of ether oxygens (including phenoxy) is 2. The van der Waals surface area contributed by atoms with Crippen LogP contribution in [0.5, 0.6) is 11.5 Å². The average molecular weight is 407 g/mol. The average Bonchev–Trinajstić information content (AvgIpc) is 3.22. The van der Waals surface area contributed by atoms with Gasteiger partial charge in [0.15, 0.2) is 11.5 Å². The summed E-state index contributed by atoms with van der Waals surface area (Å²) in [5.41, 5.74) is 2.24. The van der Waals surface area contributed by atoms with E-state index in [1.165, 1.54) is 0 Å². The summed E-state index contributed by atoms with van der Waals surface area (Å²) in [6.07, 6.45) is 1.47. The Hall–Kier alpha value is -2.39. The van der Waals surface area contributed by atoms with Crippen LogP contribution in [0, 0.1) is 11.8 Å². The number of rotatable bonds is 8. The first kappa shape index (κ1) is 20.3. The molecule has 1 saturated heterocycles. The summed E-state index contributed by atoms with van der Waals surface area (Å²) in [6, 6.07) is 3.95. The number of aromatic nitrogens is 2. The molecule has 0 bridgehead atoms. The molecule has 8 nitrogen and oxygen atoms in total. The van der Waals surface area contributed by atoms with Crippen molar-refractivity contribution in [2.75, 3.05) is 27.8 Å². The van der Waals surface area contributed by atoms with E-state index in [9.17, 15) is 4.79 Å². The Balaban J connectivity index is 1.67. The molecule has 1 aliphatic rings. The van der Waals surface area contributed by atoms with Gasteiger partial charge in [0, 0.05) is 19.5 Å². The number of methoxy groups -OCH3 is 2. The second-order valence-corrected chi connectivity index (χ2v) is 7.32. The van der Waals surface area contributed by atoms with Crippen LogP contribution in [0.25, 0.3) is 0 Å². The minimum atomic E-state index is 0.136. The Kier molecular flexibility index (Phi) is 6.35. The zero-order valence-corrected chi connectivity index (χ0v) is 17.5. The number of carbonyl (C=O) groups excluding carboxylic acids is 1. The van der Waals surface area contributed by atoms with Crippen LogP contribution in [0.1, 0.15) is 29.9 Å². The second-order valence-electron chi connectivity index (χ2n) is 6.97. The van der Waals surface area contributed by atoms with Crippen molar-refractivity contribution in [3.8, 4) is 11.5 Å². The maximum Gasteiger partial charge on any atom is 0.288 e. The lowest BCUT2D eigenvalue weighted by molar-refractivity contribution is -0.128. The highest BCUT2D eigenvalue weighted by Gasteiger charge is 2.22. The molecule has 28 heavy (non-hydrogen) atoms. The van der Waals surface area contributed by atoms with Crippen LogP contribution in [-0.2, 0) is 24.6 Å². The molecule has 2 aromatic rings. The summed E-state index contributed by atoms with van der Waals surface area (Å²) >= 11 is 5.29. The van der Waals surface area contributed by atoms with Crippen LogP contribution in [0.4, 0.5) is 0 Å². The van der Waals surface area contributed by atoms with Crippen molar-refractivity contribution in [3.05, 3.63) is 34.0 Å². The molecule has 152 valence electrons. The molecule has 0 aliphatic carbocycles. The number of aryl methyl sites for hydroxylation is 1. The van der Waals surface area contributed by atoms with Crippen LogP contribution in [-0.4, -0.2) is 53.3 Å². The number of amides is 1. The monoisotopic (exact) mass is 406 g/mol. The number of nitrogens with zero attached hydrogens (tertiary/aromatic N) is 4. The largest absolute Gasteiger partial charge is 0.493 e. The first-order valence-corrected chi connectivity index (χ1v) is 9.56. The summed E-state index contributed by atoms with van der Waals surface area (Å²) in [5, 5.41) is 4.44. The zero-order chi connectivity index (χ0) is 20.3. The minimum Gasteiger partial charge on any atom is -0.493 e. The molecule has 1 fully saturated rings. The fourth-order valence-corrected chi connectivity index (χ4v) is 3.49. The van der Waals surface area contributed by atoms with Crippen molar-refractivity contribution in [1.29, 1.82) is 0 Å². The highest BCUT2D eigenvalue weighted by atomic mass is 32.1. The molecule has 2 heterocycles. The van der Waals surface area contributed by atoms with E-state index in [-0.39, 0.29) is 5.91 Å². The zero-order valence-electron chi connectivity index (χ0n) is 16.7. The van der Waals surface area contributed by atoms with Gasteiger partial charge in [-0.25, -0.2) is 4.68 Å². The predicted molar refractivity (Wildman–Crippen MR) is 106 cm³/mol. The van der Waals surface area contributed by atoms with Crippen LogP contribution in [0.2, 0.25) is 0 Å². The lowest BCUT2D eigenvalue weighted by Gasteiger charge is -2.19. The van der Waals surface area contributed by atoms with E-state index in [0.717, 1.165) is 24.1 Å². The molecule has 0 atom stereocenters. The molecule has 0 unspecified atom stereocenters. The van der Waals surface area contributed by atoms with Gasteiger partial charge in [0.25, 0.3) is 4.84 Å². The molecular formula is C19H26N4O4S. The normalized spacial score (nSPS) is 14.2. The van der Waals surface area contributed by atoms with Gasteiger partial charge >= 0.3 is 0 Å². The van der Waals surface area contributed by atoms with E-state index in [0.29, 0.717) is 48.4 Å². The summed E-state index contributed by atoms with van der Waals surface area (Å²) in [4.78, 5) is 15.9. The topological polar surface area (TPSA) is 73.0 Å². The summed E-state index contributed by atoms with van der Waals surface area (Å²) < 4.78 is 18.0. The molecule has 3 rings (SSSR count). The van der Waals surface area contributed by atoms with Gasteiger partial charge in [-0.05, 0) is 55.9 Å². The van der Waals surface area contributed by atoms with Gasteiger partial charge in [-0.2, -0.15) is 0 Å². The van der Waals surface area contributed by atoms with Gasteiger partial charge in [0.1, 0.15) is 0 Å². The van der Waals surface area contributed by atoms with Gasteiger partial charge in [-0.3, -0.25) is 9.69 Å². The SMILES string of the molecule is COc1cc(C)c(CN(C)Cn2nc(CN3CCCC3=O)oc2=S)cc1OC. The second kappa shape index (κ2) is 8.74. The van der Waals surface area contributed by atoms with E-state index >= 15 is 0 Å². The number of hydrogen-bond acceptors (Lipinski definition) is 7. The van der Waals surface area contributed by atoms with Crippen molar-refractivity contribution in [2.45, 2.75) is 39.5 Å². The van der Waals surface area contributed by atoms with E-state index in [4.69, 9.17) is 26.1 Å². The van der Waals surface area contributed by atoms with Crippen molar-refractivity contribution in [3.63, 3.8) is 0 Å². The Morgan fingerprint density at radius 3 is 2.64 bits per heavy atom. The van der Waals surface area contributed by atoms with E-state index < -0.39 is 0 Å². The highest BCUT2D eigenvalue weighted by molar-refractivity contribution is 7.71. The molecule has 0 radical (unpaired) electrons. The predicted octanol–water partition coefficient (Wildman–Crippen LogP) is 2.74. The van der Waals surface area contributed by atoms with Gasteiger partial charge < -0.3 is 18.8 Å². The Labute approximate surface area is 169 Å². The molecule has 1 aromatic heterocycles. The van der Waals surface area contributed by atoms with Crippen molar-refractivity contribution in [2.24, 2.45) is 0 Å². The number of likely N-dealkylation sites (tertiary alicyclic amines) is 1. The lowest BCUT2D eigenvalue weighted by atomic mass is 10.1. The maximum atomic E-state index is 11.8. The molecule has 1 aromatic carbocycles. The van der Waals surface area contributed by atoms with E-state index in [2.05, 4.69) is 10.00 Å². The van der Waals surface area contributed by atoms with E-state index in [1.807, 2.05) is 26.1 Å². The Bertz CT molecular complexity index is 908. The smallest absolute Gasteiger partial charge is 0.288 e. The molecule has 0 N–H and O–H groups in total. The molecule has 1 amide bonds. The van der Waals surface area contributed by atoms with Crippen LogP contribution < -0.4 is 9.47 Å². The molecule has 1 aliphatic heterocycles. The minimum absolute atomic E-state index is 0.136. The number of hydrogen-bond donors (Lipinski definition) is 0. The summed E-state index contributed by atoms with van der Waals surface area (Å²) in [7, 11) is 5.24. The standard InChI is InChI=1S/C19H26N4O4S/c1-13-8-15(25-3)16(26-4)9-14(13)10-21(2)12-23-19(28)27-17(20-23)11-22-7-5-6-18(22)24/h8-9H,5-7,10-12H2,1-4H3. The van der Waals surface area contributed by atoms with Crippen molar-refractivity contribution in [1.82, 2.24) is 19.6 Å². The third-order valence-corrected chi connectivity index (χ3v) is 5.10. The van der Waals surface area contributed by atoms with Gasteiger partial charge in [0.2, 0.25) is 11.8 Å². The van der Waals surface area contributed by atoms with Crippen LogP contribution in [0.15, 0.2) is 16.5 Å². The Morgan fingerprint density at radius 1 is 1.29 bits per heavy atom. The van der Waals surface area contributed by atoms with Crippen molar-refractivity contribution < 1.29 is 18.7 Å². The molecule has 0 saturated carbocycles. The quantitative estimate of drug-likeness (QED) is 0.624. The molecule has 0 spiro atoms. The van der Waals surface area contributed by atoms with Gasteiger partial charge in [-0.15, -0.1) is 5.10 Å². The fourth-order valence-electron chi connectivity index (χ4n) is 3.30. The number of carbonyl (C=O) groups is 1. The fraction of sp³-hybridized carbons (Fsp3) is 0.526.